The quantitative estimate of drug-likeness (QED) is 0.916. The van der Waals surface area contributed by atoms with Gasteiger partial charge < -0.3 is 10.6 Å². The minimum Gasteiger partial charge on any atom is -0.370 e. The van der Waals surface area contributed by atoms with Gasteiger partial charge in [0.05, 0.1) is 6.54 Å². The Kier molecular flexibility index (Phi) is 2.98. The van der Waals surface area contributed by atoms with E-state index in [-0.39, 0.29) is 6.04 Å². The van der Waals surface area contributed by atoms with E-state index < -0.39 is 0 Å². The van der Waals surface area contributed by atoms with Crippen molar-refractivity contribution in [2.45, 2.75) is 12.6 Å². The molecule has 2 heterocycles. The van der Waals surface area contributed by atoms with Crippen LogP contribution in [-0.4, -0.2) is 22.4 Å². The lowest BCUT2D eigenvalue weighted by Gasteiger charge is -2.24. The molecule has 1 aliphatic heterocycles. The van der Waals surface area contributed by atoms with Gasteiger partial charge in [0.2, 0.25) is 0 Å². The number of thiazole rings is 1. The predicted octanol–water partition coefficient (Wildman–Crippen LogP) is 2.01. The highest BCUT2D eigenvalue weighted by Crippen LogP contribution is 2.28. The monoisotopic (exact) mass is 258 g/mol. The fraction of sp³-hybridized carbons (Fsp3) is 0.231. The van der Waals surface area contributed by atoms with Crippen LogP contribution in [0.15, 0.2) is 46.9 Å². The molecule has 0 fully saturated rings. The van der Waals surface area contributed by atoms with Crippen LogP contribution in [-0.2, 0) is 6.54 Å². The van der Waals surface area contributed by atoms with Gasteiger partial charge in [-0.2, -0.15) is 0 Å². The number of hydrogen-bond donors (Lipinski definition) is 1. The number of aromatic nitrogens is 1. The van der Waals surface area contributed by atoms with Gasteiger partial charge in [0.15, 0.2) is 5.96 Å². The number of hydrogen-bond acceptors (Lipinski definition) is 5. The topological polar surface area (TPSA) is 54.5 Å². The zero-order valence-electron chi connectivity index (χ0n) is 9.86. The summed E-state index contributed by atoms with van der Waals surface area (Å²) >= 11 is 1.65. The summed E-state index contributed by atoms with van der Waals surface area (Å²) in [5.74, 6) is 0.610. The van der Waals surface area contributed by atoms with Crippen LogP contribution >= 0.6 is 11.3 Å². The number of rotatable bonds is 3. The first-order valence-corrected chi connectivity index (χ1v) is 6.72. The van der Waals surface area contributed by atoms with Crippen LogP contribution in [0.5, 0.6) is 0 Å². The third-order valence-corrected chi connectivity index (χ3v) is 3.91. The first-order valence-electron chi connectivity index (χ1n) is 5.84. The van der Waals surface area contributed by atoms with E-state index in [1.54, 1.807) is 11.3 Å². The van der Waals surface area contributed by atoms with Crippen molar-refractivity contribution >= 4 is 17.3 Å². The van der Waals surface area contributed by atoms with Crippen LogP contribution in [0.2, 0.25) is 0 Å². The molecule has 1 aliphatic rings. The zero-order valence-corrected chi connectivity index (χ0v) is 10.7. The van der Waals surface area contributed by atoms with Crippen molar-refractivity contribution in [2.24, 2.45) is 10.7 Å². The second-order valence-corrected chi connectivity index (χ2v) is 5.12. The molecule has 0 amide bonds. The molecule has 1 atom stereocenters. The van der Waals surface area contributed by atoms with Crippen molar-refractivity contribution in [2.75, 3.05) is 6.54 Å². The number of nitrogens with zero attached hydrogens (tertiary/aromatic N) is 3. The first-order chi connectivity index (χ1) is 8.84. The Bertz CT molecular complexity index is 535. The summed E-state index contributed by atoms with van der Waals surface area (Å²) in [4.78, 5) is 10.8. The maximum absolute atomic E-state index is 5.98. The average Bonchev–Trinajstić information content (AvgIpc) is 3.02. The number of guanidine groups is 1. The van der Waals surface area contributed by atoms with E-state index in [9.17, 15) is 0 Å². The van der Waals surface area contributed by atoms with Crippen molar-refractivity contribution in [1.82, 2.24) is 9.88 Å². The molecule has 2 aromatic rings. The first kappa shape index (κ1) is 11.2. The van der Waals surface area contributed by atoms with Gasteiger partial charge in [0.25, 0.3) is 0 Å². The highest BCUT2D eigenvalue weighted by molar-refractivity contribution is 7.09. The van der Waals surface area contributed by atoms with Gasteiger partial charge in [-0.1, -0.05) is 30.3 Å². The molecule has 0 saturated heterocycles. The number of aliphatic imine (C=N–C) groups is 1. The molecule has 2 N–H and O–H groups in total. The summed E-state index contributed by atoms with van der Waals surface area (Å²) in [7, 11) is 0. The van der Waals surface area contributed by atoms with Crippen molar-refractivity contribution in [3.05, 3.63) is 52.5 Å². The average molecular weight is 258 g/mol. The van der Waals surface area contributed by atoms with Crippen LogP contribution in [0.25, 0.3) is 0 Å². The summed E-state index contributed by atoms with van der Waals surface area (Å²) in [6, 6.07) is 10.5. The molecule has 5 heteroatoms. The molecular weight excluding hydrogens is 244 g/mol. The molecule has 92 valence electrons. The van der Waals surface area contributed by atoms with E-state index in [0.717, 1.165) is 11.6 Å². The minimum atomic E-state index is 0.185. The van der Waals surface area contributed by atoms with Crippen molar-refractivity contribution in [3.63, 3.8) is 0 Å². The molecule has 1 unspecified atom stereocenters. The van der Waals surface area contributed by atoms with Gasteiger partial charge >= 0.3 is 0 Å². The van der Waals surface area contributed by atoms with Crippen molar-refractivity contribution in [1.29, 1.82) is 0 Å². The molecule has 0 saturated carbocycles. The van der Waals surface area contributed by atoms with E-state index in [2.05, 4.69) is 27.0 Å². The Hall–Kier alpha value is -1.88. The Balaban J connectivity index is 1.82. The molecule has 0 aliphatic carbocycles. The Morgan fingerprint density at radius 2 is 2.17 bits per heavy atom. The largest absolute Gasteiger partial charge is 0.370 e. The van der Waals surface area contributed by atoms with E-state index >= 15 is 0 Å². The van der Waals surface area contributed by atoms with Crippen LogP contribution in [0.1, 0.15) is 16.6 Å². The maximum Gasteiger partial charge on any atom is 0.192 e. The van der Waals surface area contributed by atoms with Crippen molar-refractivity contribution < 1.29 is 0 Å². The third-order valence-electron chi connectivity index (χ3n) is 3.03. The normalized spacial score (nSPS) is 19.0. The van der Waals surface area contributed by atoms with Crippen LogP contribution < -0.4 is 5.73 Å². The zero-order chi connectivity index (χ0) is 12.4. The summed E-state index contributed by atoms with van der Waals surface area (Å²) in [5, 5.41) is 3.07. The lowest BCUT2D eigenvalue weighted by molar-refractivity contribution is 0.339. The Morgan fingerprint density at radius 3 is 2.89 bits per heavy atom. The molecule has 0 radical (unpaired) electrons. The van der Waals surface area contributed by atoms with Gasteiger partial charge in [0.1, 0.15) is 11.0 Å². The molecule has 0 spiro atoms. The summed E-state index contributed by atoms with van der Waals surface area (Å²) in [6.07, 6.45) is 1.83. The van der Waals surface area contributed by atoms with Gasteiger partial charge in [-0.3, -0.25) is 4.99 Å². The van der Waals surface area contributed by atoms with E-state index in [1.165, 1.54) is 5.56 Å². The molecule has 18 heavy (non-hydrogen) atoms. The summed E-state index contributed by atoms with van der Waals surface area (Å²) < 4.78 is 0. The molecule has 0 bridgehead atoms. The predicted molar refractivity (Wildman–Crippen MR) is 73.3 cm³/mol. The Morgan fingerprint density at radius 1 is 1.33 bits per heavy atom. The fourth-order valence-corrected chi connectivity index (χ4v) is 2.85. The number of nitrogens with two attached hydrogens (primary N) is 1. The molecule has 1 aromatic carbocycles. The Labute approximate surface area is 110 Å². The third kappa shape index (κ3) is 2.09. The number of benzene rings is 1. The molecule has 4 nitrogen and oxygen atoms in total. The van der Waals surface area contributed by atoms with E-state index in [0.29, 0.717) is 12.5 Å². The second kappa shape index (κ2) is 4.78. The lowest BCUT2D eigenvalue weighted by atomic mass is 10.2. The standard InChI is InChI=1S/C13H14N4S/c14-13-16-8-11(12-15-6-7-18-12)17(13)9-10-4-2-1-3-5-10/h1-7,11H,8-9H2,(H2,14,16). The molecule has 3 rings (SSSR count). The highest BCUT2D eigenvalue weighted by Gasteiger charge is 2.29. The van der Waals surface area contributed by atoms with Crippen molar-refractivity contribution in [3.8, 4) is 0 Å². The van der Waals surface area contributed by atoms with E-state index in [4.69, 9.17) is 5.73 Å². The summed E-state index contributed by atoms with van der Waals surface area (Å²) in [5.41, 5.74) is 7.21. The molecule has 1 aromatic heterocycles. The van der Waals surface area contributed by atoms with Gasteiger partial charge in [-0.25, -0.2) is 4.98 Å². The smallest absolute Gasteiger partial charge is 0.192 e. The van der Waals surface area contributed by atoms with E-state index in [1.807, 2.05) is 29.8 Å². The van der Waals surface area contributed by atoms with Crippen LogP contribution in [0.4, 0.5) is 0 Å². The van der Waals surface area contributed by atoms with Gasteiger partial charge in [-0.15, -0.1) is 11.3 Å². The fourth-order valence-electron chi connectivity index (χ4n) is 2.11. The van der Waals surface area contributed by atoms with Gasteiger partial charge in [0, 0.05) is 18.1 Å². The molecular formula is C13H14N4S. The van der Waals surface area contributed by atoms with Crippen LogP contribution in [0, 0.1) is 0 Å². The second-order valence-electron chi connectivity index (χ2n) is 4.20. The summed E-state index contributed by atoms with van der Waals surface area (Å²) in [6.45, 7) is 1.48. The SMILES string of the molecule is NC1=NCC(c2nccs2)N1Cc1ccccc1. The van der Waals surface area contributed by atoms with Crippen LogP contribution in [0.3, 0.4) is 0 Å². The minimum absolute atomic E-state index is 0.185. The highest BCUT2D eigenvalue weighted by atomic mass is 32.1. The van der Waals surface area contributed by atoms with Gasteiger partial charge in [-0.05, 0) is 5.56 Å². The lowest BCUT2D eigenvalue weighted by Crippen LogP contribution is -2.35. The maximum atomic E-state index is 5.98.